The van der Waals surface area contributed by atoms with Crippen LogP contribution in [0.4, 0.5) is 14.7 Å². The first kappa shape index (κ1) is 19.9. The van der Waals surface area contributed by atoms with E-state index >= 15 is 4.39 Å². The number of rotatable bonds is 5. The lowest BCUT2D eigenvalue weighted by Gasteiger charge is -2.15. The summed E-state index contributed by atoms with van der Waals surface area (Å²) in [6.45, 7) is -0.420. The van der Waals surface area contributed by atoms with E-state index in [4.69, 9.17) is 0 Å². The molecule has 4 rings (SSSR count). The maximum Gasteiger partial charge on any atom is 0.275 e. The van der Waals surface area contributed by atoms with Gasteiger partial charge in [0.25, 0.3) is 5.56 Å². The summed E-state index contributed by atoms with van der Waals surface area (Å²) in [6, 6.07) is 3.23. The van der Waals surface area contributed by atoms with Gasteiger partial charge in [-0.25, -0.2) is 23.4 Å². The molecule has 1 aliphatic rings. The summed E-state index contributed by atoms with van der Waals surface area (Å²) in [4.78, 5) is 32.4. The van der Waals surface area contributed by atoms with Crippen molar-refractivity contribution in [1.82, 2.24) is 19.7 Å². The number of benzene rings is 1. The maximum absolute atomic E-state index is 15.1. The van der Waals surface area contributed by atoms with Crippen LogP contribution in [0.3, 0.4) is 0 Å². The van der Waals surface area contributed by atoms with Gasteiger partial charge in [-0.2, -0.15) is 5.10 Å². The molecule has 1 N–H and O–H groups in total. The molecule has 2 unspecified atom stereocenters. The van der Waals surface area contributed by atoms with Gasteiger partial charge in [-0.15, -0.1) is 18.5 Å². The van der Waals surface area contributed by atoms with E-state index in [-0.39, 0.29) is 28.0 Å². The smallest absolute Gasteiger partial charge is 0.275 e. The largest absolute Gasteiger partial charge is 0.293 e. The van der Waals surface area contributed by atoms with Crippen LogP contribution in [0.1, 0.15) is 35.4 Å². The van der Waals surface area contributed by atoms with Gasteiger partial charge in [0.2, 0.25) is 11.9 Å². The number of hydrogen-bond acceptors (Lipinski definition) is 5. The Bertz CT molecular complexity index is 1160. The lowest BCUT2D eigenvalue weighted by atomic mass is 10.0. The van der Waals surface area contributed by atoms with Crippen molar-refractivity contribution >= 4 is 41.1 Å². The van der Waals surface area contributed by atoms with Gasteiger partial charge in [-0.1, -0.05) is 6.07 Å². The Morgan fingerprint density at radius 3 is 2.55 bits per heavy atom. The van der Waals surface area contributed by atoms with E-state index in [1.54, 1.807) is 12.1 Å². The molecule has 0 spiro atoms. The SMILES string of the molecule is O=C(Cn1nc(C(P)P)c2c(F)c(C3CC3)ccc2c1=O)Nc1ncc(F)cn1. The monoisotopic (exact) mass is 435 g/mol. The molecule has 7 nitrogen and oxygen atoms in total. The van der Waals surface area contributed by atoms with Gasteiger partial charge in [0.15, 0.2) is 5.82 Å². The van der Waals surface area contributed by atoms with Gasteiger partial charge in [0.1, 0.15) is 12.4 Å². The fourth-order valence-corrected chi connectivity index (χ4v) is 3.58. The summed E-state index contributed by atoms with van der Waals surface area (Å²) < 4.78 is 29.0. The van der Waals surface area contributed by atoms with Crippen molar-refractivity contribution in [3.05, 3.63) is 57.8 Å². The van der Waals surface area contributed by atoms with Crippen LogP contribution in [0.2, 0.25) is 0 Å². The molecule has 0 radical (unpaired) electrons. The van der Waals surface area contributed by atoms with Crippen molar-refractivity contribution in [3.8, 4) is 0 Å². The molecule has 2 atom stereocenters. The Kier molecular flexibility index (Phi) is 5.36. The second-order valence-corrected chi connectivity index (χ2v) is 9.02. The zero-order valence-electron chi connectivity index (χ0n) is 15.1. The highest BCUT2D eigenvalue weighted by Crippen LogP contribution is 2.43. The number of nitrogens with zero attached hydrogens (tertiary/aromatic N) is 4. The van der Waals surface area contributed by atoms with Gasteiger partial charge in [0.05, 0.1) is 23.5 Å². The highest BCUT2D eigenvalue weighted by Gasteiger charge is 2.29. The molecule has 2 aromatic heterocycles. The fraction of sp³-hybridized carbons (Fsp3) is 0.278. The molecule has 11 heteroatoms. The Morgan fingerprint density at radius 1 is 1.24 bits per heavy atom. The van der Waals surface area contributed by atoms with Crippen molar-refractivity contribution < 1.29 is 13.6 Å². The highest BCUT2D eigenvalue weighted by atomic mass is 31.1. The molecule has 0 saturated heterocycles. The van der Waals surface area contributed by atoms with Crippen LogP contribution in [-0.4, -0.2) is 25.7 Å². The molecule has 29 heavy (non-hydrogen) atoms. The lowest BCUT2D eigenvalue weighted by molar-refractivity contribution is -0.117. The second-order valence-electron chi connectivity index (χ2n) is 6.81. The third-order valence-corrected chi connectivity index (χ3v) is 5.25. The fourth-order valence-electron chi connectivity index (χ4n) is 3.11. The zero-order chi connectivity index (χ0) is 20.7. The normalized spacial score (nSPS) is 13.8. The molecule has 1 amide bonds. The van der Waals surface area contributed by atoms with Crippen LogP contribution in [0, 0.1) is 11.6 Å². The molecule has 3 aromatic rings. The van der Waals surface area contributed by atoms with Gasteiger partial charge >= 0.3 is 0 Å². The van der Waals surface area contributed by atoms with E-state index in [1.807, 2.05) is 0 Å². The predicted molar refractivity (Wildman–Crippen MR) is 111 cm³/mol. The van der Waals surface area contributed by atoms with Crippen LogP contribution in [0.5, 0.6) is 0 Å². The number of amides is 1. The Labute approximate surface area is 168 Å². The van der Waals surface area contributed by atoms with Crippen molar-refractivity contribution in [2.24, 2.45) is 0 Å². The van der Waals surface area contributed by atoms with E-state index in [0.29, 0.717) is 11.3 Å². The molecule has 1 fully saturated rings. The average molecular weight is 435 g/mol. The van der Waals surface area contributed by atoms with Crippen LogP contribution < -0.4 is 10.9 Å². The quantitative estimate of drug-likeness (QED) is 0.623. The number of carbonyl (C=O) groups excluding carboxylic acids is 1. The Morgan fingerprint density at radius 2 is 1.93 bits per heavy atom. The number of carbonyl (C=O) groups is 1. The molecular formula is C18H17F2N5O2P2. The van der Waals surface area contributed by atoms with E-state index in [2.05, 4.69) is 38.9 Å². The van der Waals surface area contributed by atoms with Crippen LogP contribution in [-0.2, 0) is 11.3 Å². The summed E-state index contributed by atoms with van der Waals surface area (Å²) in [7, 11) is 5.01. The van der Waals surface area contributed by atoms with E-state index in [0.717, 1.165) is 29.9 Å². The van der Waals surface area contributed by atoms with Crippen LogP contribution >= 0.6 is 18.5 Å². The minimum atomic E-state index is -0.639. The van der Waals surface area contributed by atoms with Gasteiger partial charge in [-0.3, -0.25) is 14.9 Å². The van der Waals surface area contributed by atoms with E-state index < -0.39 is 29.6 Å². The standard InChI is InChI=1S/C18H17F2N5O2P2/c19-9-5-21-18(22-6-9)23-12(26)7-25-16(27)11-4-3-10(8-1-2-8)14(20)13(11)15(24-25)17(28)29/h3-6,8,17H,1-2,7,28-29H2,(H,21,22,23,26). The number of aromatic nitrogens is 4. The van der Waals surface area contributed by atoms with Crippen molar-refractivity contribution in [1.29, 1.82) is 0 Å². The molecule has 2 heterocycles. The first-order valence-corrected chi connectivity index (χ1v) is 10.2. The Balaban J connectivity index is 1.72. The molecular weight excluding hydrogens is 418 g/mol. The van der Waals surface area contributed by atoms with Gasteiger partial charge in [-0.05, 0) is 30.4 Å². The molecule has 0 aliphatic heterocycles. The topological polar surface area (TPSA) is 89.8 Å². The summed E-state index contributed by atoms with van der Waals surface area (Å²) in [5, 5.41) is 6.64. The minimum absolute atomic E-state index is 0.0967. The predicted octanol–water partition coefficient (Wildman–Crippen LogP) is 2.73. The van der Waals surface area contributed by atoms with E-state index in [1.165, 1.54) is 0 Å². The second kappa shape index (κ2) is 7.81. The zero-order valence-corrected chi connectivity index (χ0v) is 17.4. The van der Waals surface area contributed by atoms with Crippen LogP contribution in [0.25, 0.3) is 10.8 Å². The number of fused-ring (bicyclic) bond motifs is 1. The third-order valence-electron chi connectivity index (χ3n) is 4.62. The van der Waals surface area contributed by atoms with Gasteiger partial charge in [0, 0.05) is 10.8 Å². The summed E-state index contributed by atoms with van der Waals surface area (Å²) in [5.41, 5.74) is 0.371. The minimum Gasteiger partial charge on any atom is -0.293 e. The van der Waals surface area contributed by atoms with Gasteiger partial charge < -0.3 is 0 Å². The number of nitrogens with one attached hydrogen (secondary N) is 1. The van der Waals surface area contributed by atoms with Crippen molar-refractivity contribution in [3.63, 3.8) is 0 Å². The summed E-state index contributed by atoms with van der Waals surface area (Å²) in [5.74, 6) is -1.59. The summed E-state index contributed by atoms with van der Waals surface area (Å²) in [6.07, 6.45) is 3.68. The molecule has 150 valence electrons. The first-order valence-electron chi connectivity index (χ1n) is 8.87. The molecule has 1 aliphatic carbocycles. The third kappa shape index (κ3) is 4.02. The lowest BCUT2D eigenvalue weighted by Crippen LogP contribution is -2.31. The molecule has 1 saturated carbocycles. The number of hydrogen-bond donors (Lipinski definition) is 1. The first-order chi connectivity index (χ1) is 13.8. The van der Waals surface area contributed by atoms with Crippen molar-refractivity contribution in [2.45, 2.75) is 30.7 Å². The number of anilines is 1. The average Bonchev–Trinajstić information content (AvgIpc) is 3.51. The molecule has 0 bridgehead atoms. The summed E-state index contributed by atoms with van der Waals surface area (Å²) >= 11 is 0. The van der Waals surface area contributed by atoms with Crippen molar-refractivity contribution in [2.75, 3.05) is 5.32 Å². The van der Waals surface area contributed by atoms with E-state index in [9.17, 15) is 14.0 Å². The highest BCUT2D eigenvalue weighted by molar-refractivity contribution is 7.37. The Hall–Kier alpha value is -2.37. The molecule has 1 aromatic carbocycles. The maximum atomic E-state index is 15.1. The van der Waals surface area contributed by atoms with Crippen LogP contribution in [0.15, 0.2) is 29.3 Å². The number of halogens is 2.